The van der Waals surface area contributed by atoms with E-state index in [1.54, 1.807) is 37.4 Å². The number of methoxy groups -OCH3 is 2. The van der Waals surface area contributed by atoms with Gasteiger partial charge in [-0.2, -0.15) is 0 Å². The summed E-state index contributed by atoms with van der Waals surface area (Å²) in [5.41, 5.74) is 1.63. The molecular formula is C25H31N3O4. The lowest BCUT2D eigenvalue weighted by atomic mass is 9.75. The van der Waals surface area contributed by atoms with Crippen LogP contribution in [-0.2, 0) is 0 Å². The molecule has 0 aromatic heterocycles. The highest BCUT2D eigenvalue weighted by Gasteiger charge is 2.33. The summed E-state index contributed by atoms with van der Waals surface area (Å²) in [4.78, 5) is 27.7. The van der Waals surface area contributed by atoms with E-state index in [2.05, 4.69) is 10.6 Å². The van der Waals surface area contributed by atoms with Crippen LogP contribution in [0.25, 0.3) is 0 Å². The third-order valence-electron chi connectivity index (χ3n) is 6.62. The largest absolute Gasteiger partial charge is 0.496 e. The molecule has 1 saturated carbocycles. The Kier molecular flexibility index (Phi) is 6.83. The van der Waals surface area contributed by atoms with E-state index < -0.39 is 6.03 Å². The van der Waals surface area contributed by atoms with Crippen molar-refractivity contribution < 1.29 is 19.1 Å². The van der Waals surface area contributed by atoms with Crippen molar-refractivity contribution in [3.63, 3.8) is 0 Å². The van der Waals surface area contributed by atoms with E-state index in [-0.39, 0.29) is 5.91 Å². The van der Waals surface area contributed by atoms with Crippen LogP contribution in [0.2, 0.25) is 0 Å². The smallest absolute Gasteiger partial charge is 0.323 e. The van der Waals surface area contributed by atoms with Crippen LogP contribution in [0.1, 0.15) is 42.5 Å². The minimum Gasteiger partial charge on any atom is -0.496 e. The summed E-state index contributed by atoms with van der Waals surface area (Å²) in [6.07, 6.45) is 6.19. The third kappa shape index (κ3) is 4.82. The Labute approximate surface area is 189 Å². The number of rotatable bonds is 5. The van der Waals surface area contributed by atoms with Gasteiger partial charge in [-0.05, 0) is 48.9 Å². The van der Waals surface area contributed by atoms with E-state index >= 15 is 0 Å². The van der Waals surface area contributed by atoms with Crippen LogP contribution >= 0.6 is 0 Å². The number of nitrogens with zero attached hydrogens (tertiary/aromatic N) is 1. The van der Waals surface area contributed by atoms with Gasteiger partial charge in [0, 0.05) is 24.8 Å². The molecule has 0 bridgehead atoms. The molecule has 7 nitrogen and oxygen atoms in total. The number of para-hydroxylation sites is 2. The SMILES string of the molecule is COc1ccccc1NC(=O)Nc1ccc(C(=O)N2CC[C@H]3CCCC[C@H]3C2)c(OC)c1. The molecule has 2 fully saturated rings. The van der Waals surface area contributed by atoms with Crippen molar-refractivity contribution in [1.82, 2.24) is 4.90 Å². The summed E-state index contributed by atoms with van der Waals surface area (Å²) in [7, 11) is 3.09. The molecule has 4 rings (SSSR count). The zero-order valence-corrected chi connectivity index (χ0v) is 18.7. The van der Waals surface area contributed by atoms with E-state index in [0.717, 1.165) is 25.4 Å². The number of ether oxygens (including phenoxy) is 2. The molecule has 2 atom stereocenters. The highest BCUT2D eigenvalue weighted by Crippen LogP contribution is 2.37. The Morgan fingerprint density at radius 2 is 1.66 bits per heavy atom. The lowest BCUT2D eigenvalue weighted by Crippen LogP contribution is -2.44. The maximum atomic E-state index is 13.2. The quantitative estimate of drug-likeness (QED) is 0.690. The zero-order chi connectivity index (χ0) is 22.5. The van der Waals surface area contributed by atoms with Crippen molar-refractivity contribution in [2.45, 2.75) is 32.1 Å². The van der Waals surface area contributed by atoms with E-state index in [1.165, 1.54) is 32.8 Å². The molecule has 2 aliphatic rings. The molecule has 0 spiro atoms. The highest BCUT2D eigenvalue weighted by atomic mass is 16.5. The normalized spacial score (nSPS) is 20.1. The van der Waals surface area contributed by atoms with E-state index in [0.29, 0.717) is 34.4 Å². The number of anilines is 2. The van der Waals surface area contributed by atoms with Gasteiger partial charge in [0.1, 0.15) is 11.5 Å². The number of fused-ring (bicyclic) bond motifs is 1. The summed E-state index contributed by atoms with van der Waals surface area (Å²) >= 11 is 0. The van der Waals surface area contributed by atoms with Gasteiger partial charge in [-0.3, -0.25) is 4.79 Å². The number of urea groups is 1. The fourth-order valence-corrected chi connectivity index (χ4v) is 4.93. The van der Waals surface area contributed by atoms with E-state index in [4.69, 9.17) is 9.47 Å². The summed E-state index contributed by atoms with van der Waals surface area (Å²) < 4.78 is 10.8. The number of likely N-dealkylation sites (tertiary alicyclic amines) is 1. The van der Waals surface area contributed by atoms with Gasteiger partial charge in [0.15, 0.2) is 0 Å². The first-order valence-corrected chi connectivity index (χ1v) is 11.3. The van der Waals surface area contributed by atoms with Crippen LogP contribution in [0.4, 0.5) is 16.2 Å². The number of carbonyl (C=O) groups excluding carboxylic acids is 2. The van der Waals surface area contributed by atoms with Gasteiger partial charge >= 0.3 is 6.03 Å². The fourth-order valence-electron chi connectivity index (χ4n) is 4.93. The molecule has 3 amide bonds. The predicted molar refractivity (Wildman–Crippen MR) is 125 cm³/mol. The van der Waals surface area contributed by atoms with Crippen molar-refractivity contribution in [2.75, 3.05) is 37.9 Å². The predicted octanol–water partition coefficient (Wildman–Crippen LogP) is 5.00. The molecule has 2 N–H and O–H groups in total. The summed E-state index contributed by atoms with van der Waals surface area (Å²) in [6.45, 7) is 1.62. The molecule has 32 heavy (non-hydrogen) atoms. The van der Waals surface area contributed by atoms with Crippen LogP contribution in [-0.4, -0.2) is 44.1 Å². The molecule has 2 aromatic rings. The monoisotopic (exact) mass is 437 g/mol. The van der Waals surface area contributed by atoms with Crippen molar-refractivity contribution in [3.05, 3.63) is 48.0 Å². The standard InChI is InChI=1S/C25H31N3O4/c1-31-22-10-6-5-9-21(22)27-25(30)26-19-11-12-20(23(15-19)32-2)24(29)28-14-13-17-7-3-4-8-18(17)16-28/h5-6,9-12,15,17-18H,3-4,7-8,13-14,16H2,1-2H3,(H2,26,27,30)/t17-,18+/m1/s1. The number of benzene rings is 2. The third-order valence-corrected chi connectivity index (χ3v) is 6.62. The van der Waals surface area contributed by atoms with Crippen LogP contribution in [0.5, 0.6) is 11.5 Å². The second-order valence-electron chi connectivity index (χ2n) is 8.54. The molecule has 1 aliphatic carbocycles. The molecule has 1 heterocycles. The average molecular weight is 438 g/mol. The summed E-state index contributed by atoms with van der Waals surface area (Å²) in [5.74, 6) is 2.41. The molecule has 2 aromatic carbocycles. The lowest BCUT2D eigenvalue weighted by molar-refractivity contribution is 0.0518. The molecule has 1 saturated heterocycles. The molecule has 0 radical (unpaired) electrons. The van der Waals surface area contributed by atoms with Crippen LogP contribution < -0.4 is 20.1 Å². The minimum absolute atomic E-state index is 0.00380. The fraction of sp³-hybridized carbons (Fsp3) is 0.440. The van der Waals surface area contributed by atoms with Crippen LogP contribution in [0.15, 0.2) is 42.5 Å². The molecule has 170 valence electrons. The second kappa shape index (κ2) is 9.94. The van der Waals surface area contributed by atoms with Crippen molar-refractivity contribution >= 4 is 23.3 Å². The summed E-state index contributed by atoms with van der Waals surface area (Å²) in [5, 5.41) is 5.56. The van der Waals surface area contributed by atoms with Crippen molar-refractivity contribution in [3.8, 4) is 11.5 Å². The van der Waals surface area contributed by atoms with Crippen LogP contribution in [0, 0.1) is 11.8 Å². The Morgan fingerprint density at radius 1 is 0.906 bits per heavy atom. The number of piperidine rings is 1. The lowest BCUT2D eigenvalue weighted by Gasteiger charge is -2.41. The Hall–Kier alpha value is -3.22. The number of carbonyl (C=O) groups is 2. The Bertz CT molecular complexity index is 977. The Morgan fingerprint density at radius 3 is 2.44 bits per heavy atom. The van der Waals surface area contributed by atoms with Gasteiger partial charge in [0.25, 0.3) is 5.91 Å². The van der Waals surface area contributed by atoms with E-state index in [1.807, 2.05) is 17.0 Å². The molecule has 0 unspecified atom stereocenters. The molecular weight excluding hydrogens is 406 g/mol. The first-order valence-electron chi connectivity index (χ1n) is 11.3. The minimum atomic E-state index is -0.407. The van der Waals surface area contributed by atoms with Crippen molar-refractivity contribution in [1.29, 1.82) is 0 Å². The second-order valence-corrected chi connectivity index (χ2v) is 8.54. The molecule has 1 aliphatic heterocycles. The first kappa shape index (κ1) is 22.0. The maximum absolute atomic E-state index is 13.2. The Balaban J connectivity index is 1.43. The number of nitrogens with one attached hydrogen (secondary N) is 2. The molecule has 7 heteroatoms. The topological polar surface area (TPSA) is 79.9 Å². The average Bonchev–Trinajstić information content (AvgIpc) is 2.83. The van der Waals surface area contributed by atoms with Gasteiger partial charge in [-0.1, -0.05) is 31.4 Å². The van der Waals surface area contributed by atoms with E-state index in [9.17, 15) is 9.59 Å². The van der Waals surface area contributed by atoms with Gasteiger partial charge in [0.05, 0.1) is 25.5 Å². The highest BCUT2D eigenvalue weighted by molar-refractivity contribution is 6.02. The van der Waals surface area contributed by atoms with Gasteiger partial charge in [-0.25, -0.2) is 4.79 Å². The zero-order valence-electron chi connectivity index (χ0n) is 18.7. The van der Waals surface area contributed by atoms with Crippen molar-refractivity contribution in [2.24, 2.45) is 11.8 Å². The van der Waals surface area contributed by atoms with Gasteiger partial charge in [0.2, 0.25) is 0 Å². The first-order chi connectivity index (χ1) is 15.6. The summed E-state index contributed by atoms with van der Waals surface area (Å²) in [6, 6.07) is 11.9. The number of amides is 3. The van der Waals surface area contributed by atoms with Gasteiger partial charge in [-0.15, -0.1) is 0 Å². The maximum Gasteiger partial charge on any atom is 0.323 e. The van der Waals surface area contributed by atoms with Crippen LogP contribution in [0.3, 0.4) is 0 Å². The number of hydrogen-bond acceptors (Lipinski definition) is 4. The number of hydrogen-bond donors (Lipinski definition) is 2. The van der Waals surface area contributed by atoms with Gasteiger partial charge < -0.3 is 25.0 Å².